The molecule has 1 aromatic carbocycles. The molecule has 4 heteroatoms. The molecule has 0 unspecified atom stereocenters. The van der Waals surface area contributed by atoms with Crippen molar-refractivity contribution in [1.29, 1.82) is 0 Å². The minimum absolute atomic E-state index is 0.692. The average Bonchev–Trinajstić information content (AvgIpc) is 2.40. The lowest BCUT2D eigenvalue weighted by Gasteiger charge is -2.27. The zero-order chi connectivity index (χ0) is 11.8. The van der Waals surface area contributed by atoms with E-state index >= 15 is 0 Å². The van der Waals surface area contributed by atoms with Crippen LogP contribution < -0.4 is 9.47 Å². The third-order valence-corrected chi connectivity index (χ3v) is 4.17. The van der Waals surface area contributed by atoms with E-state index in [4.69, 9.17) is 9.47 Å². The molecule has 0 saturated heterocycles. The number of ether oxygens (including phenoxy) is 2. The number of rotatable bonds is 1. The molecular formula is C13H13BrO3. The van der Waals surface area contributed by atoms with Gasteiger partial charge in [-0.1, -0.05) is 0 Å². The smallest absolute Gasteiger partial charge is 0.154 e. The monoisotopic (exact) mass is 296 g/mol. The zero-order valence-electron chi connectivity index (χ0n) is 9.42. The first-order valence-corrected chi connectivity index (χ1v) is 6.70. The number of benzene rings is 1. The van der Waals surface area contributed by atoms with Gasteiger partial charge in [-0.15, -0.1) is 0 Å². The van der Waals surface area contributed by atoms with Crippen molar-refractivity contribution in [2.45, 2.75) is 25.7 Å². The summed E-state index contributed by atoms with van der Waals surface area (Å²) in [5, 5.41) is 0. The van der Waals surface area contributed by atoms with Gasteiger partial charge in [-0.05, 0) is 41.6 Å². The fourth-order valence-corrected chi connectivity index (χ4v) is 3.28. The van der Waals surface area contributed by atoms with E-state index in [2.05, 4.69) is 15.9 Å². The van der Waals surface area contributed by atoms with Crippen LogP contribution in [0.2, 0.25) is 0 Å². The van der Waals surface area contributed by atoms with Gasteiger partial charge in [0.05, 0.1) is 23.2 Å². The lowest BCUT2D eigenvalue weighted by Crippen LogP contribution is -2.17. The van der Waals surface area contributed by atoms with E-state index in [9.17, 15) is 4.79 Å². The number of hydrogen-bond donors (Lipinski definition) is 0. The largest absolute Gasteiger partial charge is 0.492 e. The van der Waals surface area contributed by atoms with Crippen LogP contribution in [0.15, 0.2) is 4.47 Å². The number of carbonyl (C=O) groups excluding carboxylic acids is 1. The van der Waals surface area contributed by atoms with E-state index in [1.807, 2.05) is 0 Å². The number of halogens is 1. The molecule has 0 radical (unpaired) electrons. The van der Waals surface area contributed by atoms with Gasteiger partial charge in [-0.25, -0.2) is 0 Å². The Labute approximate surface area is 108 Å². The van der Waals surface area contributed by atoms with Gasteiger partial charge < -0.3 is 9.47 Å². The summed E-state index contributed by atoms with van der Waals surface area (Å²) in [5.41, 5.74) is 2.77. The summed E-state index contributed by atoms with van der Waals surface area (Å²) in [5.74, 6) is 1.62. The number of carbonyl (C=O) groups is 1. The number of aldehydes is 1. The van der Waals surface area contributed by atoms with E-state index in [1.165, 1.54) is 0 Å². The Morgan fingerprint density at radius 2 is 1.65 bits per heavy atom. The summed E-state index contributed by atoms with van der Waals surface area (Å²) in [6, 6.07) is 0. The Bertz CT molecular complexity index is 445. The van der Waals surface area contributed by atoms with Gasteiger partial charge >= 0.3 is 0 Å². The molecule has 0 spiro atoms. The van der Waals surface area contributed by atoms with E-state index in [1.54, 1.807) is 0 Å². The molecule has 0 saturated carbocycles. The molecule has 0 atom stereocenters. The standard InChI is InChI=1S/C13H13BrO3/c14-11-9-4-2-5-16-12(9)10(7-15)8-3-1-6-17-13(8)11/h7H,1-6H2. The van der Waals surface area contributed by atoms with Crippen molar-refractivity contribution in [2.24, 2.45) is 0 Å². The summed E-state index contributed by atoms with van der Waals surface area (Å²) >= 11 is 3.60. The lowest BCUT2D eigenvalue weighted by molar-refractivity contribution is 0.111. The highest BCUT2D eigenvalue weighted by atomic mass is 79.9. The molecule has 0 aliphatic carbocycles. The maximum absolute atomic E-state index is 11.3. The van der Waals surface area contributed by atoms with Crippen LogP contribution in [-0.4, -0.2) is 19.5 Å². The van der Waals surface area contributed by atoms with Crippen LogP contribution in [0.3, 0.4) is 0 Å². The molecule has 0 fully saturated rings. The molecule has 0 N–H and O–H groups in total. The first-order valence-electron chi connectivity index (χ1n) is 5.91. The van der Waals surface area contributed by atoms with Crippen LogP contribution in [0.4, 0.5) is 0 Å². The van der Waals surface area contributed by atoms with E-state index in [0.717, 1.165) is 65.7 Å². The Balaban J connectivity index is 2.28. The van der Waals surface area contributed by atoms with Crippen LogP contribution >= 0.6 is 15.9 Å². The van der Waals surface area contributed by atoms with Crippen molar-refractivity contribution in [3.05, 3.63) is 21.2 Å². The first-order chi connectivity index (χ1) is 8.33. The van der Waals surface area contributed by atoms with Crippen LogP contribution in [0.5, 0.6) is 11.5 Å². The van der Waals surface area contributed by atoms with Crippen LogP contribution in [-0.2, 0) is 12.8 Å². The second-order valence-corrected chi connectivity index (χ2v) is 5.16. The molecule has 1 aromatic rings. The predicted octanol–water partition coefficient (Wildman–Crippen LogP) is 2.91. The minimum atomic E-state index is 0.692. The third kappa shape index (κ3) is 1.66. The van der Waals surface area contributed by atoms with Crippen molar-refractivity contribution >= 4 is 22.2 Å². The lowest BCUT2D eigenvalue weighted by atomic mass is 9.94. The molecule has 2 heterocycles. The fraction of sp³-hybridized carbons (Fsp3) is 0.462. The van der Waals surface area contributed by atoms with Crippen molar-refractivity contribution < 1.29 is 14.3 Å². The van der Waals surface area contributed by atoms with Gasteiger partial charge in [-0.3, -0.25) is 4.79 Å². The van der Waals surface area contributed by atoms with Gasteiger partial charge in [0.2, 0.25) is 0 Å². The summed E-state index contributed by atoms with van der Waals surface area (Å²) in [6.45, 7) is 1.42. The minimum Gasteiger partial charge on any atom is -0.492 e. The van der Waals surface area contributed by atoms with Gasteiger partial charge in [0.1, 0.15) is 11.5 Å². The molecule has 3 rings (SSSR count). The Hall–Kier alpha value is -1.03. The molecule has 0 bridgehead atoms. The molecule has 0 amide bonds. The Morgan fingerprint density at radius 3 is 2.35 bits per heavy atom. The molecule has 3 nitrogen and oxygen atoms in total. The van der Waals surface area contributed by atoms with E-state index < -0.39 is 0 Å². The molecule has 17 heavy (non-hydrogen) atoms. The summed E-state index contributed by atoms with van der Waals surface area (Å²) in [6.07, 6.45) is 4.68. The molecule has 2 aliphatic heterocycles. The van der Waals surface area contributed by atoms with Gasteiger partial charge in [0.15, 0.2) is 6.29 Å². The fourth-order valence-electron chi connectivity index (χ4n) is 2.55. The summed E-state index contributed by atoms with van der Waals surface area (Å²) in [4.78, 5) is 11.3. The van der Waals surface area contributed by atoms with E-state index in [-0.39, 0.29) is 0 Å². The summed E-state index contributed by atoms with van der Waals surface area (Å²) < 4.78 is 12.4. The Morgan fingerprint density at radius 1 is 1.00 bits per heavy atom. The average molecular weight is 297 g/mol. The van der Waals surface area contributed by atoms with E-state index in [0.29, 0.717) is 12.2 Å². The van der Waals surface area contributed by atoms with Crippen molar-refractivity contribution in [3.63, 3.8) is 0 Å². The maximum atomic E-state index is 11.3. The molecule has 90 valence electrons. The van der Waals surface area contributed by atoms with Crippen molar-refractivity contribution in [2.75, 3.05) is 13.2 Å². The second kappa shape index (κ2) is 4.33. The Kier molecular flexibility index (Phi) is 2.82. The topological polar surface area (TPSA) is 35.5 Å². The van der Waals surface area contributed by atoms with Gasteiger partial charge in [0.25, 0.3) is 0 Å². The zero-order valence-corrected chi connectivity index (χ0v) is 11.0. The predicted molar refractivity (Wildman–Crippen MR) is 67.2 cm³/mol. The highest BCUT2D eigenvalue weighted by Gasteiger charge is 2.27. The SMILES string of the molecule is O=Cc1c2c(c(Br)c3c1OCCC3)OCCC2. The third-order valence-electron chi connectivity index (χ3n) is 3.34. The van der Waals surface area contributed by atoms with Gasteiger partial charge in [0, 0.05) is 11.1 Å². The second-order valence-electron chi connectivity index (χ2n) is 4.36. The quantitative estimate of drug-likeness (QED) is 0.748. The van der Waals surface area contributed by atoms with Crippen LogP contribution in [0, 0.1) is 0 Å². The maximum Gasteiger partial charge on any atom is 0.154 e. The number of fused-ring (bicyclic) bond motifs is 2. The van der Waals surface area contributed by atoms with Crippen LogP contribution in [0.1, 0.15) is 34.3 Å². The normalized spacial score (nSPS) is 17.5. The first kappa shape index (κ1) is 11.1. The number of hydrogen-bond acceptors (Lipinski definition) is 3. The van der Waals surface area contributed by atoms with Crippen LogP contribution in [0.25, 0.3) is 0 Å². The van der Waals surface area contributed by atoms with Gasteiger partial charge in [-0.2, -0.15) is 0 Å². The summed E-state index contributed by atoms with van der Waals surface area (Å²) in [7, 11) is 0. The molecule has 2 aliphatic rings. The molecular weight excluding hydrogens is 284 g/mol. The van der Waals surface area contributed by atoms with Crippen molar-refractivity contribution in [1.82, 2.24) is 0 Å². The van der Waals surface area contributed by atoms with Crippen molar-refractivity contribution in [3.8, 4) is 11.5 Å². The highest BCUT2D eigenvalue weighted by Crippen LogP contribution is 2.45. The molecule has 0 aromatic heterocycles. The highest BCUT2D eigenvalue weighted by molar-refractivity contribution is 9.10.